The topological polar surface area (TPSA) is 83.6 Å². The molecule has 0 spiro atoms. The summed E-state index contributed by atoms with van der Waals surface area (Å²) in [5.41, 5.74) is 5.00. The van der Waals surface area contributed by atoms with Crippen LogP contribution in [0.25, 0.3) is 0 Å². The van der Waals surface area contributed by atoms with Crippen molar-refractivity contribution in [1.29, 1.82) is 0 Å². The van der Waals surface area contributed by atoms with Crippen LogP contribution in [0.5, 0.6) is 0 Å². The zero-order chi connectivity index (χ0) is 13.1. The first-order valence-electron chi connectivity index (χ1n) is 6.14. The number of rotatable bonds is 7. The summed E-state index contributed by atoms with van der Waals surface area (Å²) in [7, 11) is 0. The molecule has 0 aromatic rings. The number of carboxylic acids is 1. The van der Waals surface area contributed by atoms with Crippen molar-refractivity contribution in [3.63, 3.8) is 0 Å². The highest BCUT2D eigenvalue weighted by atomic mass is 16.4. The Kier molecular flexibility index (Phi) is 4.51. The first kappa shape index (κ1) is 14.0. The third kappa shape index (κ3) is 3.70. The molecule has 0 aliphatic heterocycles. The van der Waals surface area contributed by atoms with Crippen LogP contribution in [0, 0.1) is 11.3 Å². The van der Waals surface area contributed by atoms with E-state index in [0.717, 1.165) is 12.8 Å². The Hall–Kier alpha value is -1.10. The lowest BCUT2D eigenvalue weighted by Gasteiger charge is -2.32. The largest absolute Gasteiger partial charge is 0.480 e. The molecule has 1 aliphatic rings. The van der Waals surface area contributed by atoms with Gasteiger partial charge in [0.2, 0.25) is 5.91 Å². The quantitative estimate of drug-likeness (QED) is 0.688. The summed E-state index contributed by atoms with van der Waals surface area (Å²) in [6.45, 7) is 4.30. The minimum absolute atomic E-state index is 0.128. The third-order valence-electron chi connectivity index (χ3n) is 3.54. The van der Waals surface area contributed by atoms with Gasteiger partial charge >= 0.3 is 5.97 Å². The molecule has 5 heteroatoms. The third-order valence-corrected chi connectivity index (χ3v) is 3.54. The van der Waals surface area contributed by atoms with Gasteiger partial charge in [0, 0.05) is 13.1 Å². The van der Waals surface area contributed by atoms with Gasteiger partial charge in [-0.2, -0.15) is 0 Å². The van der Waals surface area contributed by atoms with Crippen LogP contribution in [-0.2, 0) is 9.59 Å². The number of carbonyl (C=O) groups excluding carboxylic acids is 1. The number of carbonyl (C=O) groups is 2. The van der Waals surface area contributed by atoms with Crippen molar-refractivity contribution in [3.8, 4) is 0 Å². The molecule has 5 nitrogen and oxygen atoms in total. The Labute approximate surface area is 102 Å². The Bertz CT molecular complexity index is 296. The van der Waals surface area contributed by atoms with Crippen LogP contribution in [0.3, 0.4) is 0 Å². The SMILES string of the molecule is CCC(C)(CN)C(=O)N(CC(=O)O)CC1CC1. The summed E-state index contributed by atoms with van der Waals surface area (Å²) in [6, 6.07) is 0. The van der Waals surface area contributed by atoms with Crippen molar-refractivity contribution in [3.05, 3.63) is 0 Å². The smallest absolute Gasteiger partial charge is 0.323 e. The number of amides is 1. The molecule has 1 saturated carbocycles. The minimum Gasteiger partial charge on any atom is -0.480 e. The van der Waals surface area contributed by atoms with E-state index in [1.165, 1.54) is 4.90 Å². The normalized spacial score (nSPS) is 18.5. The first-order chi connectivity index (χ1) is 7.92. The van der Waals surface area contributed by atoms with Gasteiger partial charge in [-0.15, -0.1) is 0 Å². The maximum Gasteiger partial charge on any atom is 0.323 e. The molecule has 1 amide bonds. The molecule has 0 bridgehead atoms. The van der Waals surface area contributed by atoms with Gasteiger partial charge in [-0.25, -0.2) is 0 Å². The number of carboxylic acid groups (broad SMARTS) is 1. The molecule has 0 radical (unpaired) electrons. The summed E-state index contributed by atoms with van der Waals surface area (Å²) in [5, 5.41) is 8.85. The van der Waals surface area contributed by atoms with E-state index < -0.39 is 11.4 Å². The molecule has 1 rings (SSSR count). The second kappa shape index (κ2) is 5.49. The molecule has 17 heavy (non-hydrogen) atoms. The van der Waals surface area contributed by atoms with E-state index in [1.807, 2.05) is 6.92 Å². The Morgan fingerprint density at radius 1 is 1.47 bits per heavy atom. The van der Waals surface area contributed by atoms with Crippen molar-refractivity contribution < 1.29 is 14.7 Å². The molecular formula is C12H22N2O3. The van der Waals surface area contributed by atoms with E-state index in [9.17, 15) is 9.59 Å². The Balaban J connectivity index is 2.72. The number of nitrogens with two attached hydrogens (primary N) is 1. The monoisotopic (exact) mass is 242 g/mol. The second-order valence-corrected chi connectivity index (χ2v) is 5.14. The van der Waals surface area contributed by atoms with E-state index in [-0.39, 0.29) is 19.0 Å². The van der Waals surface area contributed by atoms with E-state index in [0.29, 0.717) is 18.9 Å². The average Bonchev–Trinajstić information content (AvgIpc) is 3.09. The van der Waals surface area contributed by atoms with E-state index in [4.69, 9.17) is 10.8 Å². The highest BCUT2D eigenvalue weighted by Gasteiger charge is 2.37. The molecule has 3 N–H and O–H groups in total. The van der Waals surface area contributed by atoms with E-state index >= 15 is 0 Å². The lowest BCUT2D eigenvalue weighted by Crippen LogP contribution is -2.48. The Morgan fingerprint density at radius 2 is 2.06 bits per heavy atom. The highest BCUT2D eigenvalue weighted by molar-refractivity contribution is 5.85. The maximum atomic E-state index is 12.3. The zero-order valence-corrected chi connectivity index (χ0v) is 10.6. The molecule has 0 saturated heterocycles. The zero-order valence-electron chi connectivity index (χ0n) is 10.6. The fourth-order valence-electron chi connectivity index (χ4n) is 1.76. The van der Waals surface area contributed by atoms with Crippen LogP contribution in [0.15, 0.2) is 0 Å². The van der Waals surface area contributed by atoms with Gasteiger partial charge in [0.05, 0.1) is 5.41 Å². The minimum atomic E-state index is -0.963. The van der Waals surface area contributed by atoms with E-state index in [1.54, 1.807) is 6.92 Å². The molecule has 0 aromatic carbocycles. The van der Waals surface area contributed by atoms with Gasteiger partial charge in [-0.05, 0) is 32.1 Å². The molecule has 1 aliphatic carbocycles. The summed E-state index contributed by atoms with van der Waals surface area (Å²) >= 11 is 0. The predicted octanol–water partition coefficient (Wildman–Crippen LogP) is 0.685. The molecule has 1 unspecified atom stereocenters. The summed E-state index contributed by atoms with van der Waals surface area (Å²) < 4.78 is 0. The summed E-state index contributed by atoms with van der Waals surface area (Å²) in [5.74, 6) is -0.608. The van der Waals surface area contributed by atoms with Crippen molar-refractivity contribution in [2.75, 3.05) is 19.6 Å². The van der Waals surface area contributed by atoms with Crippen molar-refractivity contribution >= 4 is 11.9 Å². The van der Waals surface area contributed by atoms with Crippen LogP contribution in [0.1, 0.15) is 33.1 Å². The van der Waals surface area contributed by atoms with Crippen LogP contribution in [-0.4, -0.2) is 41.5 Å². The lowest BCUT2D eigenvalue weighted by atomic mass is 9.86. The van der Waals surface area contributed by atoms with Crippen molar-refractivity contribution in [1.82, 2.24) is 4.90 Å². The van der Waals surface area contributed by atoms with Gasteiger partial charge in [-0.1, -0.05) is 6.92 Å². The fraction of sp³-hybridized carbons (Fsp3) is 0.833. The molecule has 1 fully saturated rings. The van der Waals surface area contributed by atoms with Gasteiger partial charge < -0.3 is 15.7 Å². The predicted molar refractivity (Wildman–Crippen MR) is 64.4 cm³/mol. The van der Waals surface area contributed by atoms with Crippen molar-refractivity contribution in [2.45, 2.75) is 33.1 Å². The van der Waals surface area contributed by atoms with E-state index in [2.05, 4.69) is 0 Å². The molecule has 0 heterocycles. The van der Waals surface area contributed by atoms with Gasteiger partial charge in [-0.3, -0.25) is 9.59 Å². The number of nitrogens with zero attached hydrogens (tertiary/aromatic N) is 1. The summed E-state index contributed by atoms with van der Waals surface area (Å²) in [4.78, 5) is 24.6. The van der Waals surface area contributed by atoms with Crippen LogP contribution in [0.4, 0.5) is 0 Å². The average molecular weight is 242 g/mol. The molecule has 98 valence electrons. The van der Waals surface area contributed by atoms with Crippen molar-refractivity contribution in [2.24, 2.45) is 17.1 Å². The molecular weight excluding hydrogens is 220 g/mol. The first-order valence-corrected chi connectivity index (χ1v) is 6.14. The molecule has 1 atom stereocenters. The van der Waals surface area contributed by atoms with Gasteiger partial charge in [0.1, 0.15) is 6.54 Å². The standard InChI is InChI=1S/C12H22N2O3/c1-3-12(2,8-13)11(17)14(7-10(15)16)6-9-4-5-9/h9H,3-8,13H2,1-2H3,(H,15,16). The molecule has 0 aromatic heterocycles. The van der Waals surface area contributed by atoms with Crippen LogP contribution >= 0.6 is 0 Å². The van der Waals surface area contributed by atoms with Gasteiger partial charge in [0.25, 0.3) is 0 Å². The van der Waals surface area contributed by atoms with Gasteiger partial charge in [0.15, 0.2) is 0 Å². The highest BCUT2D eigenvalue weighted by Crippen LogP contribution is 2.31. The fourth-order valence-corrected chi connectivity index (χ4v) is 1.76. The number of hydrogen-bond donors (Lipinski definition) is 2. The number of hydrogen-bond acceptors (Lipinski definition) is 3. The Morgan fingerprint density at radius 3 is 2.41 bits per heavy atom. The maximum absolute atomic E-state index is 12.3. The summed E-state index contributed by atoms with van der Waals surface area (Å²) in [6.07, 6.45) is 2.81. The van der Waals surface area contributed by atoms with Crippen LogP contribution < -0.4 is 5.73 Å². The lowest BCUT2D eigenvalue weighted by molar-refractivity contribution is -0.149. The number of aliphatic carboxylic acids is 1. The van der Waals surface area contributed by atoms with Crippen LogP contribution in [0.2, 0.25) is 0 Å². The second-order valence-electron chi connectivity index (χ2n) is 5.14.